The Hall–Kier alpha value is -0.560. The van der Waals surface area contributed by atoms with Crippen molar-refractivity contribution >= 4 is 0 Å². The van der Waals surface area contributed by atoms with Gasteiger partial charge in [-0.2, -0.15) is 0 Å². The fraction of sp³-hybridized carbons (Fsp3) is 0.733. The first-order valence-corrected chi connectivity index (χ1v) is 6.42. The molecule has 2 aliphatic rings. The van der Waals surface area contributed by atoms with Crippen LogP contribution in [-0.2, 0) is 0 Å². The normalized spacial score (nSPS) is 38.6. The van der Waals surface area contributed by atoms with E-state index in [4.69, 9.17) is 0 Å². The van der Waals surface area contributed by atoms with Crippen molar-refractivity contribution < 1.29 is 5.11 Å². The van der Waals surface area contributed by atoms with Gasteiger partial charge in [-0.3, -0.25) is 0 Å². The van der Waals surface area contributed by atoms with E-state index in [0.717, 1.165) is 19.3 Å². The van der Waals surface area contributed by atoms with Crippen molar-refractivity contribution in [3.63, 3.8) is 0 Å². The predicted octanol–water partition coefficient (Wildman–Crippen LogP) is 3.84. The minimum absolute atomic E-state index is 0.0647. The summed E-state index contributed by atoms with van der Waals surface area (Å²) >= 11 is 0. The largest absolute Gasteiger partial charge is 0.392 e. The van der Waals surface area contributed by atoms with E-state index >= 15 is 0 Å². The monoisotopic (exact) mass is 220 g/mol. The SMILES string of the molecule is C=C1CCCC(C)(C)[C@]12CC=C(C)C[C@@H]2O. The maximum atomic E-state index is 10.6. The van der Waals surface area contributed by atoms with E-state index in [0.29, 0.717) is 0 Å². The molecule has 1 saturated carbocycles. The fourth-order valence-electron chi connectivity index (χ4n) is 3.81. The van der Waals surface area contributed by atoms with E-state index in [-0.39, 0.29) is 16.9 Å². The summed E-state index contributed by atoms with van der Waals surface area (Å²) in [4.78, 5) is 0. The molecule has 0 radical (unpaired) electrons. The van der Waals surface area contributed by atoms with E-state index in [9.17, 15) is 5.11 Å². The predicted molar refractivity (Wildman–Crippen MR) is 68.2 cm³/mol. The van der Waals surface area contributed by atoms with Gasteiger partial charge in [0.1, 0.15) is 0 Å². The number of aliphatic hydroxyl groups is 1. The molecular weight excluding hydrogens is 196 g/mol. The molecule has 0 saturated heterocycles. The summed E-state index contributed by atoms with van der Waals surface area (Å²) in [7, 11) is 0. The van der Waals surface area contributed by atoms with Crippen molar-refractivity contribution in [1.29, 1.82) is 0 Å². The summed E-state index contributed by atoms with van der Waals surface area (Å²) in [6, 6.07) is 0. The molecule has 1 spiro atoms. The van der Waals surface area contributed by atoms with Crippen LogP contribution in [0.2, 0.25) is 0 Å². The Kier molecular flexibility index (Phi) is 2.78. The molecule has 2 atom stereocenters. The number of hydrogen-bond acceptors (Lipinski definition) is 1. The molecular formula is C15H24O. The van der Waals surface area contributed by atoms with Crippen LogP contribution < -0.4 is 0 Å². The van der Waals surface area contributed by atoms with Gasteiger partial charge in [-0.1, -0.05) is 37.6 Å². The first-order chi connectivity index (χ1) is 7.40. The highest BCUT2D eigenvalue weighted by Crippen LogP contribution is 2.59. The molecule has 0 aromatic rings. The van der Waals surface area contributed by atoms with Crippen molar-refractivity contribution in [3.8, 4) is 0 Å². The molecule has 0 unspecified atom stereocenters. The summed E-state index contributed by atoms with van der Waals surface area (Å²) in [6.07, 6.45) is 7.39. The van der Waals surface area contributed by atoms with Gasteiger partial charge in [0.05, 0.1) is 6.10 Å². The minimum Gasteiger partial charge on any atom is -0.392 e. The van der Waals surface area contributed by atoms with Gasteiger partial charge in [0.25, 0.3) is 0 Å². The first-order valence-electron chi connectivity index (χ1n) is 6.42. The molecule has 16 heavy (non-hydrogen) atoms. The Morgan fingerprint density at radius 2 is 2.12 bits per heavy atom. The van der Waals surface area contributed by atoms with E-state index in [1.165, 1.54) is 24.0 Å². The van der Waals surface area contributed by atoms with Crippen LogP contribution in [-0.4, -0.2) is 11.2 Å². The maximum Gasteiger partial charge on any atom is 0.0678 e. The third-order valence-electron chi connectivity index (χ3n) is 4.98. The van der Waals surface area contributed by atoms with Crippen molar-refractivity contribution in [3.05, 3.63) is 23.8 Å². The molecule has 1 fully saturated rings. The lowest BCUT2D eigenvalue weighted by atomic mass is 9.50. The van der Waals surface area contributed by atoms with Gasteiger partial charge in [-0.05, 0) is 44.4 Å². The number of aliphatic hydroxyl groups excluding tert-OH is 1. The zero-order valence-electron chi connectivity index (χ0n) is 10.8. The van der Waals surface area contributed by atoms with Crippen molar-refractivity contribution in [1.82, 2.24) is 0 Å². The third kappa shape index (κ3) is 1.48. The number of rotatable bonds is 0. The molecule has 0 heterocycles. The Bertz CT molecular complexity index is 337. The number of hydrogen-bond donors (Lipinski definition) is 1. The van der Waals surface area contributed by atoms with Gasteiger partial charge in [0, 0.05) is 5.41 Å². The Morgan fingerprint density at radius 3 is 2.69 bits per heavy atom. The first kappa shape index (κ1) is 11.9. The van der Waals surface area contributed by atoms with Gasteiger partial charge in [-0.15, -0.1) is 0 Å². The summed E-state index contributed by atoms with van der Waals surface area (Å²) in [5, 5.41) is 10.6. The highest BCUT2D eigenvalue weighted by atomic mass is 16.3. The van der Waals surface area contributed by atoms with Crippen LogP contribution in [0, 0.1) is 10.8 Å². The second-order valence-electron chi connectivity index (χ2n) is 6.29. The minimum atomic E-state index is -0.236. The molecule has 0 aromatic carbocycles. The van der Waals surface area contributed by atoms with Crippen molar-refractivity contribution in [2.24, 2.45) is 10.8 Å². The van der Waals surface area contributed by atoms with Gasteiger partial charge >= 0.3 is 0 Å². The molecule has 1 N–H and O–H groups in total. The molecule has 0 bridgehead atoms. The van der Waals surface area contributed by atoms with Gasteiger partial charge < -0.3 is 5.11 Å². The Labute approximate surface area is 99.3 Å². The maximum absolute atomic E-state index is 10.6. The summed E-state index contributed by atoms with van der Waals surface area (Å²) in [5.74, 6) is 0. The van der Waals surface area contributed by atoms with Gasteiger partial charge in [0.15, 0.2) is 0 Å². The fourth-order valence-corrected chi connectivity index (χ4v) is 3.81. The topological polar surface area (TPSA) is 20.2 Å². The lowest BCUT2D eigenvalue weighted by Gasteiger charge is -2.55. The summed E-state index contributed by atoms with van der Waals surface area (Å²) < 4.78 is 0. The van der Waals surface area contributed by atoms with Crippen LogP contribution in [0.5, 0.6) is 0 Å². The second kappa shape index (κ2) is 3.73. The van der Waals surface area contributed by atoms with Crippen LogP contribution in [0.1, 0.15) is 52.9 Å². The molecule has 0 amide bonds. The third-order valence-corrected chi connectivity index (χ3v) is 4.98. The van der Waals surface area contributed by atoms with Crippen molar-refractivity contribution in [2.45, 2.75) is 59.0 Å². The second-order valence-corrected chi connectivity index (χ2v) is 6.29. The van der Waals surface area contributed by atoms with Crippen LogP contribution in [0.4, 0.5) is 0 Å². The highest BCUT2D eigenvalue weighted by molar-refractivity contribution is 5.27. The molecule has 90 valence electrons. The average molecular weight is 220 g/mol. The quantitative estimate of drug-likeness (QED) is 0.615. The summed E-state index contributed by atoms with van der Waals surface area (Å²) in [5.41, 5.74) is 2.72. The standard InChI is InChI=1S/C15H24O/c1-11-7-9-15(13(16)10-11)12(2)6-5-8-14(15,3)4/h7,13,16H,2,5-6,8-10H2,1,3-4H3/t13-,15+/m0/s1. The highest BCUT2D eigenvalue weighted by Gasteiger charge is 2.53. The van der Waals surface area contributed by atoms with Crippen LogP contribution in [0.25, 0.3) is 0 Å². The van der Waals surface area contributed by atoms with E-state index in [2.05, 4.69) is 33.4 Å². The van der Waals surface area contributed by atoms with Gasteiger partial charge in [0.2, 0.25) is 0 Å². The van der Waals surface area contributed by atoms with E-state index < -0.39 is 0 Å². The zero-order chi connectivity index (χ0) is 12.0. The number of allylic oxidation sites excluding steroid dienone is 1. The average Bonchev–Trinajstić information content (AvgIpc) is 2.15. The van der Waals surface area contributed by atoms with Gasteiger partial charge in [-0.25, -0.2) is 0 Å². The van der Waals surface area contributed by atoms with Crippen LogP contribution >= 0.6 is 0 Å². The lowest BCUT2D eigenvalue weighted by Crippen LogP contribution is -2.51. The Balaban J connectivity index is 2.44. The Morgan fingerprint density at radius 1 is 1.44 bits per heavy atom. The molecule has 1 heteroatoms. The smallest absolute Gasteiger partial charge is 0.0678 e. The van der Waals surface area contributed by atoms with Crippen LogP contribution in [0.3, 0.4) is 0 Å². The summed E-state index contributed by atoms with van der Waals surface area (Å²) in [6.45, 7) is 11.0. The molecule has 1 nitrogen and oxygen atoms in total. The van der Waals surface area contributed by atoms with Crippen LogP contribution in [0.15, 0.2) is 23.8 Å². The molecule has 0 aromatic heterocycles. The molecule has 2 aliphatic carbocycles. The molecule has 0 aliphatic heterocycles. The molecule has 2 rings (SSSR count). The zero-order valence-corrected chi connectivity index (χ0v) is 10.8. The lowest BCUT2D eigenvalue weighted by molar-refractivity contribution is -0.0562. The van der Waals surface area contributed by atoms with E-state index in [1.54, 1.807) is 0 Å². The van der Waals surface area contributed by atoms with Crippen molar-refractivity contribution in [2.75, 3.05) is 0 Å². The van der Waals surface area contributed by atoms with E-state index in [1.807, 2.05) is 0 Å².